The molecule has 0 spiro atoms. The van der Waals surface area contributed by atoms with Gasteiger partial charge in [0.25, 0.3) is 0 Å². The van der Waals surface area contributed by atoms with Crippen LogP contribution in [0.3, 0.4) is 0 Å². The Bertz CT molecular complexity index is 85.0. The molecule has 0 saturated heterocycles. The first-order valence-electron chi connectivity index (χ1n) is 2.36. The van der Waals surface area contributed by atoms with Gasteiger partial charge in [-0.15, -0.1) is 0 Å². The number of esters is 1. The number of hydrogen-bond donors (Lipinski definition) is 0. The van der Waals surface area contributed by atoms with Crippen LogP contribution < -0.4 is 0 Å². The molecule has 0 bridgehead atoms. The molecule has 0 aliphatic carbocycles. The van der Waals surface area contributed by atoms with Crippen molar-refractivity contribution < 1.29 is 9.53 Å². The van der Waals surface area contributed by atoms with Crippen LogP contribution >= 0.6 is 9.29 Å². The average Bonchev–Trinajstić information content (AvgIpc) is 1.68. The van der Waals surface area contributed by atoms with Gasteiger partial charge in [0.05, 0.1) is 13.0 Å². The molecule has 0 atom stereocenters. The van der Waals surface area contributed by atoms with Gasteiger partial charge in [0.1, 0.15) is 0 Å². The quantitative estimate of drug-likeness (QED) is 0.515. The Morgan fingerprint density at radius 1 is 1.67 bits per heavy atom. The molecule has 4 heteroatoms. The molecule has 2 nitrogen and oxygen atoms in total. The van der Waals surface area contributed by atoms with E-state index in [0.717, 1.165) is 20.6 Å². The third kappa shape index (κ3) is 17.7. The Labute approximate surface area is 72.2 Å². The van der Waals surface area contributed by atoms with E-state index in [-0.39, 0.29) is 6.10 Å². The van der Waals surface area contributed by atoms with Crippen LogP contribution in [0.25, 0.3) is 0 Å². The van der Waals surface area contributed by atoms with Crippen molar-refractivity contribution in [2.24, 2.45) is 0 Å². The van der Waals surface area contributed by atoms with Gasteiger partial charge in [-0.3, -0.25) is 4.79 Å². The molecule has 0 rings (SSSR count). The molecule has 9 heavy (non-hydrogen) atoms. The van der Waals surface area contributed by atoms with Crippen LogP contribution in [-0.2, 0) is 9.53 Å². The number of rotatable bonds is 1. The molecule has 51 valence electrons. The van der Waals surface area contributed by atoms with E-state index < -0.39 is 5.97 Å². The van der Waals surface area contributed by atoms with E-state index in [1.165, 1.54) is 0 Å². The van der Waals surface area contributed by atoms with E-state index in [9.17, 15) is 4.79 Å². The van der Waals surface area contributed by atoms with E-state index in [1.807, 2.05) is 0 Å². The molecule has 0 amide bonds. The molecule has 0 aromatic heterocycles. The van der Waals surface area contributed by atoms with Gasteiger partial charge in [-0.25, -0.2) is 0 Å². The molecule has 0 saturated carbocycles. The molecule has 0 aromatic carbocycles. The molecule has 0 heterocycles. The zero-order chi connectivity index (χ0) is 7.86. The molecule has 0 aliphatic heterocycles. The zero-order valence-corrected chi connectivity index (χ0v) is 9.18. The van der Waals surface area contributed by atoms with Crippen molar-refractivity contribution in [3.8, 4) is 0 Å². The number of hydrogen-bond acceptors (Lipinski definition) is 3. The van der Waals surface area contributed by atoms with Gasteiger partial charge in [0.2, 0.25) is 0 Å². The van der Waals surface area contributed by atoms with Gasteiger partial charge < -0.3 is 4.74 Å². The molecule has 0 aromatic rings. The molecule has 3 radical (unpaired) electrons. The average molecular weight is 252 g/mol. The molecular formula is C5H9O2SSn. The predicted octanol–water partition coefficient (Wildman–Crippen LogP) is 1.04. The summed E-state index contributed by atoms with van der Waals surface area (Å²) in [7, 11) is 4.17. The van der Waals surface area contributed by atoms with Crippen LogP contribution in [0.1, 0.15) is 13.8 Å². The molecule has 0 aliphatic rings. The summed E-state index contributed by atoms with van der Waals surface area (Å²) in [5, 5.41) is 0. The fraction of sp³-hybridized carbons (Fsp3) is 0.600. The summed E-state index contributed by atoms with van der Waals surface area (Å²) < 4.78 is 4.50. The van der Waals surface area contributed by atoms with Gasteiger partial charge in [0, 0.05) is 0 Å². The summed E-state index contributed by atoms with van der Waals surface area (Å²) in [6.45, 7) is 6.58. The second-order valence-electron chi connectivity index (χ2n) is 1.54. The van der Waals surface area contributed by atoms with Gasteiger partial charge in [0.15, 0.2) is 0 Å². The van der Waals surface area contributed by atoms with Crippen molar-refractivity contribution in [2.75, 3.05) is 0 Å². The number of carbonyl (C=O) groups excluding carboxylic acids is 1. The third-order valence-corrected chi connectivity index (χ3v) is 0.367. The van der Waals surface area contributed by atoms with E-state index in [0.29, 0.717) is 0 Å². The monoisotopic (exact) mass is 253 g/mol. The molecule has 0 fully saturated rings. The Morgan fingerprint density at radius 2 is 2.00 bits per heavy atom. The Kier molecular flexibility index (Phi) is 11.5. The summed E-state index contributed by atoms with van der Waals surface area (Å²) >= 11 is 1.13. The van der Waals surface area contributed by atoms with E-state index >= 15 is 0 Å². The fourth-order valence-electron chi connectivity index (χ4n) is 0.263. The second kappa shape index (κ2) is 8.49. The van der Waals surface area contributed by atoms with Crippen LogP contribution in [0.15, 0.2) is 0 Å². The van der Waals surface area contributed by atoms with Crippen molar-refractivity contribution >= 4 is 35.8 Å². The summed E-state index contributed by atoms with van der Waals surface area (Å²) in [6.07, 6.45) is -0.0370. The van der Waals surface area contributed by atoms with Crippen molar-refractivity contribution in [2.45, 2.75) is 20.0 Å². The third-order valence-electron chi connectivity index (χ3n) is 0.367. The van der Waals surface area contributed by atoms with E-state index in [4.69, 9.17) is 0 Å². The Hall–Kier alpha value is 0.489. The van der Waals surface area contributed by atoms with Gasteiger partial charge in [-0.2, -0.15) is 0 Å². The Balaban J connectivity index is 0. The van der Waals surface area contributed by atoms with E-state index in [1.54, 1.807) is 13.8 Å². The van der Waals surface area contributed by atoms with Crippen LogP contribution in [-0.4, -0.2) is 32.7 Å². The first-order valence-corrected chi connectivity index (χ1v) is 6.26. The topological polar surface area (TPSA) is 26.3 Å². The van der Waals surface area contributed by atoms with Crippen molar-refractivity contribution in [3.05, 3.63) is 6.92 Å². The second-order valence-corrected chi connectivity index (χ2v) is 1.54. The molecular weight excluding hydrogens is 243 g/mol. The first kappa shape index (κ1) is 12.2. The number of ether oxygens (including phenoxy) is 1. The zero-order valence-electron chi connectivity index (χ0n) is 5.51. The number of carbonyl (C=O) groups is 1. The van der Waals surface area contributed by atoms with Gasteiger partial charge in [-0.05, 0) is 13.8 Å². The van der Waals surface area contributed by atoms with Crippen molar-refractivity contribution in [1.29, 1.82) is 0 Å². The Morgan fingerprint density at radius 3 is 2.00 bits per heavy atom. The minimum atomic E-state index is -0.463. The summed E-state index contributed by atoms with van der Waals surface area (Å²) in [4.78, 5) is 9.92. The van der Waals surface area contributed by atoms with Crippen molar-refractivity contribution in [3.63, 3.8) is 0 Å². The summed E-state index contributed by atoms with van der Waals surface area (Å²) in [6, 6.07) is 0. The maximum atomic E-state index is 9.92. The van der Waals surface area contributed by atoms with Crippen LogP contribution in [0, 0.1) is 6.92 Å². The maximum absolute atomic E-state index is 9.92. The minimum absolute atomic E-state index is 0.0370. The summed E-state index contributed by atoms with van der Waals surface area (Å²) in [5.74, 6) is -0.463. The van der Waals surface area contributed by atoms with Crippen LogP contribution in [0.5, 0.6) is 0 Å². The fourth-order valence-corrected chi connectivity index (χ4v) is 0.263. The van der Waals surface area contributed by atoms with Crippen LogP contribution in [0.4, 0.5) is 0 Å². The predicted molar refractivity (Wildman–Crippen MR) is 39.9 cm³/mol. The van der Waals surface area contributed by atoms with Gasteiger partial charge >= 0.3 is 35.8 Å². The van der Waals surface area contributed by atoms with Crippen molar-refractivity contribution in [1.82, 2.24) is 0 Å². The normalized spacial score (nSPS) is 7.56. The van der Waals surface area contributed by atoms with Gasteiger partial charge in [-0.1, -0.05) is 0 Å². The molecule has 0 unspecified atom stereocenters. The SMILES string of the molecule is [CH2]C(=O)OC(C)C.[S]=[Sn]. The van der Waals surface area contributed by atoms with E-state index in [2.05, 4.69) is 21.0 Å². The first-order chi connectivity index (χ1) is 4.13. The molecule has 0 N–H and O–H groups in total. The standard InChI is InChI=1S/C5H9O2.S.Sn/c1-4(2)7-5(3)6;;/h4H,3H2,1-2H3;;. The summed E-state index contributed by atoms with van der Waals surface area (Å²) in [5.41, 5.74) is 0. The van der Waals surface area contributed by atoms with Crippen LogP contribution in [0.2, 0.25) is 0 Å².